The van der Waals surface area contributed by atoms with Crippen LogP contribution in [0.3, 0.4) is 0 Å². The molecule has 0 saturated heterocycles. The minimum Gasteiger partial charge on any atom is -0.467 e. The van der Waals surface area contributed by atoms with Crippen molar-refractivity contribution in [2.24, 2.45) is 0 Å². The Labute approximate surface area is 98.9 Å². The lowest BCUT2D eigenvalue weighted by Crippen LogP contribution is -2.08. The number of nitrogens with one attached hydrogen (secondary N) is 1. The second-order valence-corrected chi connectivity index (χ2v) is 3.95. The van der Waals surface area contributed by atoms with Crippen LogP contribution in [0.15, 0.2) is 53.4 Å². The number of imidazole rings is 1. The Morgan fingerprint density at radius 3 is 3.06 bits per heavy atom. The summed E-state index contributed by atoms with van der Waals surface area (Å²) in [6.07, 6.45) is 5.41. The summed E-state index contributed by atoms with van der Waals surface area (Å²) in [4.78, 5) is 4.25. The maximum atomic E-state index is 5.37. The zero-order chi connectivity index (χ0) is 11.7. The van der Waals surface area contributed by atoms with Crippen LogP contribution in [-0.2, 0) is 0 Å². The summed E-state index contributed by atoms with van der Waals surface area (Å²) in [6, 6.07) is 9.96. The first-order valence-electron chi connectivity index (χ1n) is 5.56. The highest BCUT2D eigenvalue weighted by Gasteiger charge is 2.09. The Balaban J connectivity index is 1.92. The van der Waals surface area contributed by atoms with Crippen molar-refractivity contribution in [2.45, 2.75) is 13.0 Å². The molecule has 1 N–H and O–H groups in total. The van der Waals surface area contributed by atoms with Gasteiger partial charge in [-0.05, 0) is 31.2 Å². The molecule has 1 atom stereocenters. The summed E-state index contributed by atoms with van der Waals surface area (Å²) >= 11 is 0. The van der Waals surface area contributed by atoms with E-state index >= 15 is 0 Å². The number of rotatable bonds is 3. The molecule has 4 heteroatoms. The largest absolute Gasteiger partial charge is 0.467 e. The molecule has 0 aliphatic rings. The van der Waals surface area contributed by atoms with Crippen molar-refractivity contribution in [1.82, 2.24) is 9.38 Å². The number of pyridine rings is 1. The Kier molecular flexibility index (Phi) is 2.33. The minimum absolute atomic E-state index is 0.123. The van der Waals surface area contributed by atoms with Crippen LogP contribution in [0, 0.1) is 0 Å². The number of furan rings is 1. The van der Waals surface area contributed by atoms with E-state index in [0.717, 1.165) is 17.2 Å². The number of anilines is 1. The van der Waals surface area contributed by atoms with Crippen LogP contribution in [0.4, 0.5) is 5.82 Å². The van der Waals surface area contributed by atoms with Crippen molar-refractivity contribution >= 4 is 11.5 Å². The van der Waals surface area contributed by atoms with Crippen molar-refractivity contribution in [3.63, 3.8) is 0 Å². The molecule has 0 saturated carbocycles. The highest BCUT2D eigenvalue weighted by Crippen LogP contribution is 2.20. The van der Waals surface area contributed by atoms with Crippen LogP contribution >= 0.6 is 0 Å². The van der Waals surface area contributed by atoms with Crippen molar-refractivity contribution in [3.05, 3.63) is 54.7 Å². The molecule has 86 valence electrons. The molecule has 3 rings (SSSR count). The molecule has 0 aromatic carbocycles. The Morgan fingerprint density at radius 1 is 1.29 bits per heavy atom. The van der Waals surface area contributed by atoms with Crippen LogP contribution in [0.25, 0.3) is 5.65 Å². The summed E-state index contributed by atoms with van der Waals surface area (Å²) in [6.45, 7) is 2.06. The normalized spacial score (nSPS) is 12.8. The Bertz CT molecular complexity index is 612. The van der Waals surface area contributed by atoms with E-state index in [-0.39, 0.29) is 6.04 Å². The predicted octanol–water partition coefficient (Wildman–Crippen LogP) is 3.10. The van der Waals surface area contributed by atoms with Gasteiger partial charge in [0, 0.05) is 12.4 Å². The summed E-state index contributed by atoms with van der Waals surface area (Å²) in [5.74, 6) is 1.92. The van der Waals surface area contributed by atoms with E-state index < -0.39 is 0 Å². The first-order chi connectivity index (χ1) is 8.34. The molecule has 3 heterocycles. The second kappa shape index (κ2) is 3.97. The predicted molar refractivity (Wildman–Crippen MR) is 65.9 cm³/mol. The first-order valence-corrected chi connectivity index (χ1v) is 5.56. The molecular weight excluding hydrogens is 214 g/mol. The van der Waals surface area contributed by atoms with Gasteiger partial charge in [-0.1, -0.05) is 6.07 Å². The zero-order valence-electron chi connectivity index (χ0n) is 9.50. The molecule has 0 bridgehead atoms. The van der Waals surface area contributed by atoms with E-state index in [1.54, 1.807) is 12.5 Å². The lowest BCUT2D eigenvalue weighted by Gasteiger charge is -2.14. The third-order valence-electron chi connectivity index (χ3n) is 2.76. The SMILES string of the molecule is CC(Nc1cccc2nccn12)c1ccco1. The number of hydrogen-bond acceptors (Lipinski definition) is 3. The molecule has 0 radical (unpaired) electrons. The monoisotopic (exact) mass is 227 g/mol. The molecule has 0 amide bonds. The molecule has 1 unspecified atom stereocenters. The van der Waals surface area contributed by atoms with Crippen LogP contribution in [0.1, 0.15) is 18.7 Å². The van der Waals surface area contributed by atoms with Crippen molar-refractivity contribution < 1.29 is 4.42 Å². The molecule has 3 aromatic rings. The Morgan fingerprint density at radius 2 is 2.24 bits per heavy atom. The summed E-state index contributed by atoms with van der Waals surface area (Å²) in [7, 11) is 0. The van der Waals surface area contributed by atoms with Gasteiger partial charge >= 0.3 is 0 Å². The topological polar surface area (TPSA) is 42.5 Å². The van der Waals surface area contributed by atoms with Gasteiger partial charge in [-0.2, -0.15) is 0 Å². The molecule has 0 aliphatic heterocycles. The zero-order valence-corrected chi connectivity index (χ0v) is 9.50. The highest BCUT2D eigenvalue weighted by atomic mass is 16.3. The van der Waals surface area contributed by atoms with Gasteiger partial charge in [0.1, 0.15) is 17.2 Å². The van der Waals surface area contributed by atoms with Crippen LogP contribution in [0.5, 0.6) is 0 Å². The van der Waals surface area contributed by atoms with E-state index in [0.29, 0.717) is 0 Å². The average molecular weight is 227 g/mol. The second-order valence-electron chi connectivity index (χ2n) is 3.95. The number of aromatic nitrogens is 2. The van der Waals surface area contributed by atoms with Gasteiger partial charge < -0.3 is 9.73 Å². The van der Waals surface area contributed by atoms with E-state index in [2.05, 4.69) is 17.2 Å². The lowest BCUT2D eigenvalue weighted by molar-refractivity contribution is 0.490. The van der Waals surface area contributed by atoms with Gasteiger partial charge in [0.15, 0.2) is 0 Å². The number of hydrogen-bond donors (Lipinski definition) is 1. The fourth-order valence-electron chi connectivity index (χ4n) is 1.90. The number of nitrogens with zero attached hydrogens (tertiary/aromatic N) is 2. The molecule has 0 spiro atoms. The molecule has 0 fully saturated rings. The quantitative estimate of drug-likeness (QED) is 0.747. The Hall–Kier alpha value is -2.23. The average Bonchev–Trinajstić information content (AvgIpc) is 3.00. The van der Waals surface area contributed by atoms with Crippen molar-refractivity contribution in [3.8, 4) is 0 Å². The van der Waals surface area contributed by atoms with E-state index in [4.69, 9.17) is 4.42 Å². The summed E-state index contributed by atoms with van der Waals surface area (Å²) in [5, 5.41) is 3.40. The smallest absolute Gasteiger partial charge is 0.138 e. The van der Waals surface area contributed by atoms with Gasteiger partial charge in [-0.25, -0.2) is 4.98 Å². The molecule has 3 aromatic heterocycles. The summed E-state index contributed by atoms with van der Waals surface area (Å²) < 4.78 is 7.39. The van der Waals surface area contributed by atoms with Crippen LogP contribution in [0.2, 0.25) is 0 Å². The lowest BCUT2D eigenvalue weighted by atomic mass is 10.2. The third-order valence-corrected chi connectivity index (χ3v) is 2.76. The van der Waals surface area contributed by atoms with Gasteiger partial charge in [0.2, 0.25) is 0 Å². The first kappa shape index (κ1) is 9.96. The highest BCUT2D eigenvalue weighted by molar-refractivity contribution is 5.50. The van der Waals surface area contributed by atoms with Gasteiger partial charge in [-0.15, -0.1) is 0 Å². The summed E-state index contributed by atoms with van der Waals surface area (Å²) in [5.41, 5.74) is 0.932. The van der Waals surface area contributed by atoms with Crippen molar-refractivity contribution in [2.75, 3.05) is 5.32 Å². The maximum Gasteiger partial charge on any atom is 0.138 e. The van der Waals surface area contributed by atoms with Crippen LogP contribution in [-0.4, -0.2) is 9.38 Å². The van der Waals surface area contributed by atoms with Crippen molar-refractivity contribution in [1.29, 1.82) is 0 Å². The fraction of sp³-hybridized carbons (Fsp3) is 0.154. The van der Waals surface area contributed by atoms with E-state index in [1.807, 2.05) is 40.9 Å². The van der Waals surface area contributed by atoms with Gasteiger partial charge in [0.25, 0.3) is 0 Å². The maximum absolute atomic E-state index is 5.37. The van der Waals surface area contributed by atoms with E-state index in [1.165, 1.54) is 0 Å². The van der Waals surface area contributed by atoms with E-state index in [9.17, 15) is 0 Å². The van der Waals surface area contributed by atoms with Gasteiger partial charge in [-0.3, -0.25) is 4.40 Å². The fourth-order valence-corrected chi connectivity index (χ4v) is 1.90. The van der Waals surface area contributed by atoms with Gasteiger partial charge in [0.05, 0.1) is 12.3 Å². The number of fused-ring (bicyclic) bond motifs is 1. The molecule has 0 aliphatic carbocycles. The molecule has 17 heavy (non-hydrogen) atoms. The molecular formula is C13H13N3O. The molecule has 4 nitrogen and oxygen atoms in total. The third kappa shape index (κ3) is 1.78. The standard InChI is InChI=1S/C13H13N3O/c1-10(11-4-3-9-17-11)15-13-6-2-5-12-14-7-8-16(12)13/h2-10,15H,1H3. The minimum atomic E-state index is 0.123. The van der Waals surface area contributed by atoms with Crippen LogP contribution < -0.4 is 5.32 Å².